The van der Waals surface area contributed by atoms with Crippen LogP contribution in [0.25, 0.3) is 11.1 Å². The van der Waals surface area contributed by atoms with Crippen LogP contribution in [-0.2, 0) is 11.2 Å². The van der Waals surface area contributed by atoms with Gasteiger partial charge in [0, 0.05) is 12.2 Å². The van der Waals surface area contributed by atoms with E-state index in [1.165, 1.54) is 28.5 Å². The Bertz CT molecular complexity index is 587. The van der Waals surface area contributed by atoms with Gasteiger partial charge in [0.15, 0.2) is 5.12 Å². The van der Waals surface area contributed by atoms with Gasteiger partial charge in [-0.1, -0.05) is 72.4 Å². The van der Waals surface area contributed by atoms with Crippen LogP contribution in [0.15, 0.2) is 67.3 Å². The van der Waals surface area contributed by atoms with Crippen LogP contribution >= 0.6 is 11.8 Å². The Balaban J connectivity index is 2.07. The summed E-state index contributed by atoms with van der Waals surface area (Å²) in [4.78, 5) is 11.3. The molecular formula is C19H20OS. The molecule has 0 amide bonds. The van der Waals surface area contributed by atoms with Crippen LogP contribution in [0.4, 0.5) is 0 Å². The lowest BCUT2D eigenvalue weighted by Crippen LogP contribution is -2.08. The summed E-state index contributed by atoms with van der Waals surface area (Å²) in [6.45, 7) is 5.40. The summed E-state index contributed by atoms with van der Waals surface area (Å²) in [5, 5.41) is 0.449. The number of carbonyl (C=O) groups excluding carboxylic acids is 1. The van der Waals surface area contributed by atoms with Crippen molar-refractivity contribution in [2.75, 3.05) is 0 Å². The highest BCUT2D eigenvalue weighted by Crippen LogP contribution is 2.23. The van der Waals surface area contributed by atoms with Gasteiger partial charge < -0.3 is 0 Å². The van der Waals surface area contributed by atoms with Gasteiger partial charge in [-0.2, -0.15) is 0 Å². The normalized spacial score (nSPS) is 11.9. The van der Waals surface area contributed by atoms with E-state index in [1.54, 1.807) is 6.92 Å². The Morgan fingerprint density at radius 2 is 1.71 bits per heavy atom. The molecule has 0 heterocycles. The van der Waals surface area contributed by atoms with E-state index in [9.17, 15) is 4.79 Å². The van der Waals surface area contributed by atoms with Crippen molar-refractivity contribution in [2.24, 2.45) is 0 Å². The van der Waals surface area contributed by atoms with E-state index >= 15 is 0 Å². The molecule has 0 radical (unpaired) electrons. The van der Waals surface area contributed by atoms with E-state index in [0.717, 1.165) is 12.8 Å². The van der Waals surface area contributed by atoms with Gasteiger partial charge in [-0.3, -0.25) is 4.79 Å². The van der Waals surface area contributed by atoms with Crippen LogP contribution in [0.3, 0.4) is 0 Å². The minimum atomic E-state index is 0.169. The molecule has 2 heteroatoms. The van der Waals surface area contributed by atoms with Crippen LogP contribution in [0.5, 0.6) is 0 Å². The van der Waals surface area contributed by atoms with E-state index in [4.69, 9.17) is 0 Å². The smallest absolute Gasteiger partial charge is 0.186 e. The second-order valence-electron chi connectivity index (χ2n) is 5.02. The summed E-state index contributed by atoms with van der Waals surface area (Å²) in [5.41, 5.74) is 3.71. The van der Waals surface area contributed by atoms with Crippen molar-refractivity contribution >= 4 is 16.9 Å². The predicted molar refractivity (Wildman–Crippen MR) is 92.5 cm³/mol. The summed E-state index contributed by atoms with van der Waals surface area (Å²) in [6.07, 6.45) is 3.63. The molecule has 0 saturated carbocycles. The summed E-state index contributed by atoms with van der Waals surface area (Å²) >= 11 is 1.41. The van der Waals surface area contributed by atoms with E-state index < -0.39 is 0 Å². The molecule has 108 valence electrons. The van der Waals surface area contributed by atoms with Crippen LogP contribution in [0, 0.1) is 0 Å². The lowest BCUT2D eigenvalue weighted by atomic mass is 10.0. The molecule has 0 fully saturated rings. The van der Waals surface area contributed by atoms with Crippen molar-refractivity contribution in [1.82, 2.24) is 0 Å². The molecular weight excluding hydrogens is 276 g/mol. The Kier molecular flexibility index (Phi) is 5.82. The molecule has 0 aliphatic carbocycles. The third kappa shape index (κ3) is 4.91. The highest BCUT2D eigenvalue weighted by Gasteiger charge is 2.11. The lowest BCUT2D eigenvalue weighted by Gasteiger charge is -2.13. The second kappa shape index (κ2) is 7.84. The van der Waals surface area contributed by atoms with Crippen molar-refractivity contribution in [3.63, 3.8) is 0 Å². The number of hydrogen-bond acceptors (Lipinski definition) is 2. The first-order valence-electron chi connectivity index (χ1n) is 7.11. The highest BCUT2D eigenvalue weighted by atomic mass is 32.2. The maximum Gasteiger partial charge on any atom is 0.186 e. The molecule has 21 heavy (non-hydrogen) atoms. The predicted octanol–water partition coefficient (Wildman–Crippen LogP) is 5.12. The zero-order chi connectivity index (χ0) is 15.1. The molecule has 0 N–H and O–H groups in total. The van der Waals surface area contributed by atoms with Crippen LogP contribution in [0.2, 0.25) is 0 Å². The monoisotopic (exact) mass is 296 g/mol. The van der Waals surface area contributed by atoms with E-state index in [0.29, 0.717) is 0 Å². The van der Waals surface area contributed by atoms with Gasteiger partial charge in [-0.25, -0.2) is 0 Å². The zero-order valence-electron chi connectivity index (χ0n) is 12.3. The van der Waals surface area contributed by atoms with Crippen LogP contribution in [0.1, 0.15) is 18.9 Å². The number of rotatable bonds is 6. The Labute approximate surface area is 131 Å². The molecule has 0 aliphatic rings. The van der Waals surface area contributed by atoms with Crippen molar-refractivity contribution in [3.8, 4) is 11.1 Å². The van der Waals surface area contributed by atoms with Crippen molar-refractivity contribution in [2.45, 2.75) is 25.0 Å². The molecule has 0 aromatic heterocycles. The maximum absolute atomic E-state index is 11.3. The molecule has 2 aromatic rings. The van der Waals surface area contributed by atoms with E-state index in [-0.39, 0.29) is 10.4 Å². The number of benzene rings is 2. The van der Waals surface area contributed by atoms with Crippen LogP contribution < -0.4 is 0 Å². The summed E-state index contributed by atoms with van der Waals surface area (Å²) in [7, 11) is 0. The lowest BCUT2D eigenvalue weighted by molar-refractivity contribution is -0.109. The van der Waals surface area contributed by atoms with Gasteiger partial charge in [0.2, 0.25) is 0 Å². The molecule has 0 spiro atoms. The van der Waals surface area contributed by atoms with Gasteiger partial charge >= 0.3 is 0 Å². The third-order valence-electron chi connectivity index (χ3n) is 3.29. The Morgan fingerprint density at radius 3 is 2.29 bits per heavy atom. The van der Waals surface area contributed by atoms with E-state index in [2.05, 4.69) is 43.0 Å². The fourth-order valence-electron chi connectivity index (χ4n) is 2.32. The molecule has 2 rings (SSSR count). The fraction of sp³-hybridized carbons (Fsp3) is 0.211. The van der Waals surface area contributed by atoms with Gasteiger partial charge in [0.1, 0.15) is 0 Å². The van der Waals surface area contributed by atoms with Crippen molar-refractivity contribution < 1.29 is 4.79 Å². The largest absolute Gasteiger partial charge is 0.288 e. The standard InChI is InChI=1S/C19H20OS/c1-3-7-19(21-15(2)20)14-16-10-12-18(13-11-16)17-8-5-4-6-9-17/h3-6,8-13,19H,1,7,14H2,2H3. The number of thioether (sulfide) groups is 1. The zero-order valence-corrected chi connectivity index (χ0v) is 13.1. The first kappa shape index (κ1) is 15.6. The fourth-order valence-corrected chi connectivity index (χ4v) is 3.30. The molecule has 0 bridgehead atoms. The molecule has 0 saturated heterocycles. The maximum atomic E-state index is 11.3. The SMILES string of the molecule is C=CCC(Cc1ccc(-c2ccccc2)cc1)SC(C)=O. The van der Waals surface area contributed by atoms with Crippen LogP contribution in [-0.4, -0.2) is 10.4 Å². The van der Waals surface area contributed by atoms with Gasteiger partial charge in [-0.15, -0.1) is 6.58 Å². The molecule has 1 nitrogen and oxygen atoms in total. The highest BCUT2D eigenvalue weighted by molar-refractivity contribution is 8.14. The topological polar surface area (TPSA) is 17.1 Å². The summed E-state index contributed by atoms with van der Waals surface area (Å²) < 4.78 is 0. The summed E-state index contributed by atoms with van der Waals surface area (Å²) in [6, 6.07) is 18.9. The van der Waals surface area contributed by atoms with Gasteiger partial charge in [0.25, 0.3) is 0 Å². The Morgan fingerprint density at radius 1 is 1.10 bits per heavy atom. The number of hydrogen-bond donors (Lipinski definition) is 0. The molecule has 0 aliphatic heterocycles. The number of carbonyl (C=O) groups is 1. The minimum absolute atomic E-state index is 0.169. The van der Waals surface area contributed by atoms with Crippen molar-refractivity contribution in [1.29, 1.82) is 0 Å². The molecule has 1 unspecified atom stereocenters. The average molecular weight is 296 g/mol. The quantitative estimate of drug-likeness (QED) is 0.688. The first-order valence-corrected chi connectivity index (χ1v) is 7.99. The summed E-state index contributed by atoms with van der Waals surface area (Å²) in [5.74, 6) is 0. The van der Waals surface area contributed by atoms with E-state index in [1.807, 2.05) is 24.3 Å². The Hall–Kier alpha value is -1.80. The minimum Gasteiger partial charge on any atom is -0.288 e. The third-order valence-corrected chi connectivity index (χ3v) is 4.31. The number of allylic oxidation sites excluding steroid dienone is 1. The molecule has 2 aromatic carbocycles. The van der Waals surface area contributed by atoms with Gasteiger partial charge in [0.05, 0.1) is 0 Å². The molecule has 1 atom stereocenters. The average Bonchev–Trinajstić information content (AvgIpc) is 2.48. The second-order valence-corrected chi connectivity index (χ2v) is 6.50. The van der Waals surface area contributed by atoms with Gasteiger partial charge in [-0.05, 0) is 29.5 Å². The first-order chi connectivity index (χ1) is 10.2. The van der Waals surface area contributed by atoms with Crippen molar-refractivity contribution in [3.05, 3.63) is 72.8 Å².